The monoisotopic (exact) mass is 256 g/mol. The highest BCUT2D eigenvalue weighted by Crippen LogP contribution is 2.30. The molecule has 3 aromatic rings. The highest BCUT2D eigenvalue weighted by atomic mass is 35.5. The molecule has 0 saturated heterocycles. The lowest BCUT2D eigenvalue weighted by Gasteiger charge is -1.99. The fraction of sp³-hybridized carbons (Fsp3) is 0. The van der Waals surface area contributed by atoms with Gasteiger partial charge in [-0.3, -0.25) is 4.79 Å². The van der Waals surface area contributed by atoms with E-state index in [1.54, 1.807) is 12.1 Å². The Balaban J connectivity index is 2.14. The van der Waals surface area contributed by atoms with E-state index in [1.165, 1.54) is 0 Å². The lowest BCUT2D eigenvalue weighted by molar-refractivity contribution is 0.112. The van der Waals surface area contributed by atoms with Gasteiger partial charge in [0.15, 0.2) is 6.29 Å². The first kappa shape index (κ1) is 11.1. The molecular formula is C15H9ClO2. The van der Waals surface area contributed by atoms with Crippen molar-refractivity contribution in [3.8, 4) is 11.3 Å². The number of benzene rings is 2. The molecule has 0 unspecified atom stereocenters. The Kier molecular flexibility index (Phi) is 2.65. The molecule has 0 atom stereocenters. The number of para-hydroxylation sites is 1. The summed E-state index contributed by atoms with van der Waals surface area (Å²) in [7, 11) is 0. The van der Waals surface area contributed by atoms with Gasteiger partial charge in [0.2, 0.25) is 0 Å². The molecule has 0 spiro atoms. The number of fused-ring (bicyclic) bond motifs is 1. The van der Waals surface area contributed by atoms with Crippen LogP contribution in [-0.4, -0.2) is 6.29 Å². The maximum absolute atomic E-state index is 10.7. The van der Waals surface area contributed by atoms with E-state index < -0.39 is 0 Å². The lowest BCUT2D eigenvalue weighted by Crippen LogP contribution is -1.82. The van der Waals surface area contributed by atoms with E-state index >= 15 is 0 Å². The van der Waals surface area contributed by atoms with Crippen LogP contribution in [0.5, 0.6) is 0 Å². The van der Waals surface area contributed by atoms with Crippen molar-refractivity contribution >= 4 is 28.9 Å². The summed E-state index contributed by atoms with van der Waals surface area (Å²) in [5.41, 5.74) is 2.18. The minimum absolute atomic E-state index is 0.433. The number of aldehydes is 1. The Bertz CT molecular complexity index is 695. The van der Waals surface area contributed by atoms with Crippen LogP contribution in [0.15, 0.2) is 52.9 Å². The highest BCUT2D eigenvalue weighted by Gasteiger charge is 2.08. The molecule has 18 heavy (non-hydrogen) atoms. The molecule has 1 heterocycles. The van der Waals surface area contributed by atoms with Crippen LogP contribution in [0.1, 0.15) is 10.4 Å². The second-order valence-corrected chi connectivity index (χ2v) is 4.41. The van der Waals surface area contributed by atoms with Crippen LogP contribution in [0.3, 0.4) is 0 Å². The zero-order chi connectivity index (χ0) is 12.5. The average molecular weight is 257 g/mol. The fourth-order valence-corrected chi connectivity index (χ4v) is 2.13. The Morgan fingerprint density at radius 3 is 2.61 bits per heavy atom. The molecule has 0 aliphatic carbocycles. The van der Waals surface area contributed by atoms with Crippen LogP contribution in [0.2, 0.25) is 5.02 Å². The van der Waals surface area contributed by atoms with E-state index in [-0.39, 0.29) is 0 Å². The van der Waals surface area contributed by atoms with Crippen molar-refractivity contribution in [3.05, 3.63) is 59.1 Å². The SMILES string of the molecule is O=Cc1ccc(-c2cc3ccccc3o2)cc1Cl. The van der Waals surface area contributed by atoms with Crippen molar-refractivity contribution in [1.29, 1.82) is 0 Å². The molecule has 0 aliphatic heterocycles. The van der Waals surface area contributed by atoms with Crippen molar-refractivity contribution in [3.63, 3.8) is 0 Å². The summed E-state index contributed by atoms with van der Waals surface area (Å²) in [6, 6.07) is 15.0. The van der Waals surface area contributed by atoms with Crippen molar-refractivity contribution < 1.29 is 9.21 Å². The first-order chi connectivity index (χ1) is 8.78. The topological polar surface area (TPSA) is 30.2 Å². The van der Waals surface area contributed by atoms with Crippen molar-refractivity contribution in [2.75, 3.05) is 0 Å². The molecule has 0 amide bonds. The van der Waals surface area contributed by atoms with Crippen molar-refractivity contribution in [2.45, 2.75) is 0 Å². The first-order valence-corrected chi connectivity index (χ1v) is 5.89. The number of carbonyl (C=O) groups is 1. The Labute approximate surface area is 109 Å². The first-order valence-electron chi connectivity index (χ1n) is 5.51. The zero-order valence-corrected chi connectivity index (χ0v) is 10.1. The van der Waals surface area contributed by atoms with Crippen LogP contribution < -0.4 is 0 Å². The Morgan fingerprint density at radius 1 is 1.06 bits per heavy atom. The average Bonchev–Trinajstić information content (AvgIpc) is 2.82. The summed E-state index contributed by atoms with van der Waals surface area (Å²) in [5.74, 6) is 0.746. The molecular weight excluding hydrogens is 248 g/mol. The van der Waals surface area contributed by atoms with E-state index in [9.17, 15) is 4.79 Å². The van der Waals surface area contributed by atoms with Gasteiger partial charge in [-0.2, -0.15) is 0 Å². The van der Waals surface area contributed by atoms with Gasteiger partial charge < -0.3 is 4.42 Å². The Morgan fingerprint density at radius 2 is 1.89 bits per heavy atom. The maximum atomic E-state index is 10.7. The number of hydrogen-bond acceptors (Lipinski definition) is 2. The molecule has 0 bridgehead atoms. The van der Waals surface area contributed by atoms with Gasteiger partial charge in [-0.1, -0.05) is 35.9 Å². The molecule has 2 aromatic carbocycles. The molecule has 0 saturated carbocycles. The third kappa shape index (κ3) is 1.81. The number of hydrogen-bond donors (Lipinski definition) is 0. The van der Waals surface area contributed by atoms with Gasteiger partial charge in [0.05, 0.1) is 5.02 Å². The van der Waals surface area contributed by atoms with E-state index in [4.69, 9.17) is 16.0 Å². The number of carbonyl (C=O) groups excluding carboxylic acids is 1. The normalized spacial score (nSPS) is 10.7. The number of rotatable bonds is 2. The predicted molar refractivity (Wildman–Crippen MR) is 72.0 cm³/mol. The van der Waals surface area contributed by atoms with Crippen LogP contribution in [0.4, 0.5) is 0 Å². The molecule has 0 aliphatic rings. The molecule has 0 radical (unpaired) electrons. The molecule has 2 nitrogen and oxygen atoms in total. The van der Waals surface area contributed by atoms with Crippen LogP contribution >= 0.6 is 11.6 Å². The largest absolute Gasteiger partial charge is 0.456 e. The molecule has 3 rings (SSSR count). The van der Waals surface area contributed by atoms with Crippen LogP contribution in [0, 0.1) is 0 Å². The summed E-state index contributed by atoms with van der Waals surface area (Å²) in [4.78, 5) is 10.7. The van der Waals surface area contributed by atoms with Gasteiger partial charge >= 0.3 is 0 Å². The zero-order valence-electron chi connectivity index (χ0n) is 9.39. The second kappa shape index (κ2) is 4.31. The summed E-state index contributed by atoms with van der Waals surface area (Å²) >= 11 is 6.01. The molecule has 88 valence electrons. The Hall–Kier alpha value is -2.06. The van der Waals surface area contributed by atoms with Gasteiger partial charge in [-0.15, -0.1) is 0 Å². The standard InChI is InChI=1S/C15H9ClO2/c16-13-7-11(5-6-12(13)9-17)15-8-10-3-1-2-4-14(10)18-15/h1-9H. The molecule has 3 heteroatoms. The van der Waals surface area contributed by atoms with Gasteiger partial charge in [-0.05, 0) is 24.3 Å². The summed E-state index contributed by atoms with van der Waals surface area (Å²) < 4.78 is 5.74. The van der Waals surface area contributed by atoms with Gasteiger partial charge in [-0.25, -0.2) is 0 Å². The second-order valence-electron chi connectivity index (χ2n) is 4.00. The van der Waals surface area contributed by atoms with Gasteiger partial charge in [0.25, 0.3) is 0 Å². The quantitative estimate of drug-likeness (QED) is 0.629. The molecule has 0 fully saturated rings. The lowest BCUT2D eigenvalue weighted by atomic mass is 10.1. The van der Waals surface area contributed by atoms with Crippen molar-refractivity contribution in [2.24, 2.45) is 0 Å². The predicted octanol–water partition coefficient (Wildman–Crippen LogP) is 4.57. The summed E-state index contributed by atoms with van der Waals surface area (Å²) in [6.45, 7) is 0. The number of halogens is 1. The van der Waals surface area contributed by atoms with Gasteiger partial charge in [0.1, 0.15) is 11.3 Å². The third-order valence-corrected chi connectivity index (χ3v) is 3.16. The van der Waals surface area contributed by atoms with E-state index in [2.05, 4.69) is 0 Å². The number of furan rings is 1. The minimum atomic E-state index is 0.433. The smallest absolute Gasteiger partial charge is 0.151 e. The molecule has 1 aromatic heterocycles. The minimum Gasteiger partial charge on any atom is -0.456 e. The fourth-order valence-electron chi connectivity index (χ4n) is 1.90. The van der Waals surface area contributed by atoms with E-state index in [0.29, 0.717) is 10.6 Å². The van der Waals surface area contributed by atoms with Crippen LogP contribution in [0.25, 0.3) is 22.3 Å². The third-order valence-electron chi connectivity index (χ3n) is 2.84. The molecule has 0 N–H and O–H groups in total. The summed E-state index contributed by atoms with van der Waals surface area (Å²) in [6.07, 6.45) is 0.741. The summed E-state index contributed by atoms with van der Waals surface area (Å²) in [5, 5.41) is 1.48. The van der Waals surface area contributed by atoms with E-state index in [1.807, 2.05) is 36.4 Å². The van der Waals surface area contributed by atoms with Gasteiger partial charge in [0, 0.05) is 16.5 Å². The van der Waals surface area contributed by atoms with Crippen molar-refractivity contribution in [1.82, 2.24) is 0 Å². The maximum Gasteiger partial charge on any atom is 0.151 e. The highest BCUT2D eigenvalue weighted by molar-refractivity contribution is 6.33. The van der Waals surface area contributed by atoms with Crippen LogP contribution in [-0.2, 0) is 0 Å². The van der Waals surface area contributed by atoms with E-state index in [0.717, 1.165) is 28.6 Å².